The van der Waals surface area contributed by atoms with Gasteiger partial charge in [-0.05, 0) is 58.0 Å². The monoisotopic (exact) mass is 468 g/mol. The number of hydrogen-bond donors (Lipinski definition) is 2. The Bertz CT molecular complexity index is 1200. The van der Waals surface area contributed by atoms with Crippen molar-refractivity contribution in [2.75, 3.05) is 27.4 Å². The zero-order valence-electron chi connectivity index (χ0n) is 20.3. The number of nitrogens with one attached hydrogen (secondary N) is 1. The Morgan fingerprint density at radius 1 is 1.12 bits per heavy atom. The molecular weight excluding hydrogens is 436 g/mol. The highest BCUT2D eigenvalue weighted by atomic mass is 16.5. The van der Waals surface area contributed by atoms with Crippen LogP contribution in [0.1, 0.15) is 37.6 Å². The molecule has 3 N–H and O–H groups in total. The summed E-state index contributed by atoms with van der Waals surface area (Å²) in [6.07, 6.45) is 0.783. The average Bonchev–Trinajstić information content (AvgIpc) is 2.82. The SMILES string of the molecule is COc1ccc2c(=O)cc(-c3ccc(C(=O)NC(C)(C)COC(C)CCN)cc3)oc2c1OC. The lowest BCUT2D eigenvalue weighted by Crippen LogP contribution is -2.47. The van der Waals surface area contributed by atoms with Crippen LogP contribution in [0.4, 0.5) is 0 Å². The van der Waals surface area contributed by atoms with Crippen molar-refractivity contribution < 1.29 is 23.4 Å². The van der Waals surface area contributed by atoms with Gasteiger partial charge in [-0.15, -0.1) is 0 Å². The Morgan fingerprint density at radius 3 is 2.44 bits per heavy atom. The number of rotatable bonds is 10. The largest absolute Gasteiger partial charge is 0.493 e. The minimum Gasteiger partial charge on any atom is -0.493 e. The van der Waals surface area contributed by atoms with Crippen LogP contribution in [0.25, 0.3) is 22.3 Å². The van der Waals surface area contributed by atoms with E-state index in [9.17, 15) is 9.59 Å². The maximum atomic E-state index is 12.8. The fourth-order valence-electron chi connectivity index (χ4n) is 3.54. The molecule has 0 bridgehead atoms. The summed E-state index contributed by atoms with van der Waals surface area (Å²) in [4.78, 5) is 25.5. The van der Waals surface area contributed by atoms with Crippen LogP contribution >= 0.6 is 0 Å². The number of nitrogens with two attached hydrogens (primary N) is 1. The second kappa shape index (κ2) is 10.7. The number of amides is 1. The van der Waals surface area contributed by atoms with E-state index in [0.29, 0.717) is 52.5 Å². The molecule has 2 aromatic carbocycles. The molecule has 8 heteroatoms. The number of ether oxygens (including phenoxy) is 3. The molecule has 0 aliphatic heterocycles. The molecule has 0 saturated carbocycles. The van der Waals surface area contributed by atoms with Crippen LogP contribution < -0.4 is 26.0 Å². The van der Waals surface area contributed by atoms with Crippen LogP contribution in [-0.4, -0.2) is 44.9 Å². The number of hydrogen-bond acceptors (Lipinski definition) is 7. The molecule has 0 fully saturated rings. The lowest BCUT2D eigenvalue weighted by Gasteiger charge is -2.28. The highest BCUT2D eigenvalue weighted by Crippen LogP contribution is 2.36. The molecule has 0 saturated heterocycles. The van der Waals surface area contributed by atoms with Gasteiger partial charge in [0.25, 0.3) is 5.91 Å². The van der Waals surface area contributed by atoms with Crippen LogP contribution in [0.3, 0.4) is 0 Å². The summed E-state index contributed by atoms with van der Waals surface area (Å²) in [5.74, 6) is 0.947. The summed E-state index contributed by atoms with van der Waals surface area (Å²) in [7, 11) is 3.01. The quantitative estimate of drug-likeness (QED) is 0.466. The predicted octanol–water partition coefficient (Wildman–Crippen LogP) is 3.74. The molecule has 0 aliphatic rings. The maximum absolute atomic E-state index is 12.8. The highest BCUT2D eigenvalue weighted by molar-refractivity contribution is 5.95. The fraction of sp³-hybridized carbons (Fsp3) is 0.385. The Hall–Kier alpha value is -3.36. The van der Waals surface area contributed by atoms with Crippen molar-refractivity contribution in [2.24, 2.45) is 5.73 Å². The van der Waals surface area contributed by atoms with Gasteiger partial charge in [-0.3, -0.25) is 9.59 Å². The molecule has 1 unspecified atom stereocenters. The summed E-state index contributed by atoms with van der Waals surface area (Å²) in [5.41, 5.74) is 6.23. The maximum Gasteiger partial charge on any atom is 0.251 e. The Labute approximate surface area is 199 Å². The van der Waals surface area contributed by atoms with Gasteiger partial charge in [0, 0.05) is 17.2 Å². The van der Waals surface area contributed by atoms with E-state index >= 15 is 0 Å². The van der Waals surface area contributed by atoms with Gasteiger partial charge in [0.1, 0.15) is 5.76 Å². The van der Waals surface area contributed by atoms with E-state index in [1.54, 1.807) is 36.4 Å². The number of carbonyl (C=O) groups is 1. The standard InChI is InChI=1S/C26H32N2O6/c1-16(12-13-27)33-15-26(2,3)28-25(30)18-8-6-17(7-9-18)22-14-20(29)19-10-11-21(31-4)24(32-5)23(19)34-22/h6-11,14,16H,12-13,15,27H2,1-5H3,(H,28,30). The zero-order chi connectivity index (χ0) is 24.9. The first-order valence-corrected chi connectivity index (χ1v) is 11.1. The average molecular weight is 469 g/mol. The first-order valence-electron chi connectivity index (χ1n) is 11.1. The second-order valence-corrected chi connectivity index (χ2v) is 8.77. The lowest BCUT2D eigenvalue weighted by atomic mass is 10.0. The van der Waals surface area contributed by atoms with Crippen LogP contribution in [0.15, 0.2) is 51.7 Å². The third-order valence-electron chi connectivity index (χ3n) is 5.43. The third kappa shape index (κ3) is 5.76. The molecule has 3 aromatic rings. The molecule has 1 aromatic heterocycles. The van der Waals surface area contributed by atoms with Crippen LogP contribution in [0.5, 0.6) is 11.5 Å². The highest BCUT2D eigenvalue weighted by Gasteiger charge is 2.23. The van der Waals surface area contributed by atoms with Gasteiger partial charge in [-0.25, -0.2) is 0 Å². The van der Waals surface area contributed by atoms with Gasteiger partial charge in [-0.2, -0.15) is 0 Å². The van der Waals surface area contributed by atoms with Gasteiger partial charge in [-0.1, -0.05) is 12.1 Å². The molecule has 1 atom stereocenters. The van der Waals surface area contributed by atoms with Crippen molar-refractivity contribution in [2.45, 2.75) is 38.8 Å². The van der Waals surface area contributed by atoms with E-state index in [-0.39, 0.29) is 17.4 Å². The summed E-state index contributed by atoms with van der Waals surface area (Å²) in [6.45, 7) is 6.68. The number of benzene rings is 2. The minimum atomic E-state index is -0.556. The molecule has 0 spiro atoms. The minimum absolute atomic E-state index is 0.0238. The van der Waals surface area contributed by atoms with E-state index in [1.807, 2.05) is 20.8 Å². The van der Waals surface area contributed by atoms with Crippen molar-refractivity contribution in [1.29, 1.82) is 0 Å². The Balaban J connectivity index is 1.81. The van der Waals surface area contributed by atoms with Gasteiger partial charge >= 0.3 is 0 Å². The normalized spacial score (nSPS) is 12.4. The van der Waals surface area contributed by atoms with Crippen molar-refractivity contribution in [3.05, 3.63) is 58.3 Å². The summed E-state index contributed by atoms with van der Waals surface area (Å²) < 4.78 is 22.5. The van der Waals surface area contributed by atoms with E-state index in [1.165, 1.54) is 20.3 Å². The predicted molar refractivity (Wildman–Crippen MR) is 132 cm³/mol. The van der Waals surface area contributed by atoms with Crippen LogP contribution in [0.2, 0.25) is 0 Å². The molecule has 1 heterocycles. The number of carbonyl (C=O) groups excluding carboxylic acids is 1. The molecule has 34 heavy (non-hydrogen) atoms. The topological polar surface area (TPSA) is 113 Å². The number of methoxy groups -OCH3 is 2. The number of fused-ring (bicyclic) bond motifs is 1. The molecule has 1 amide bonds. The first kappa shape index (κ1) is 25.3. The first-order chi connectivity index (χ1) is 16.2. The molecular formula is C26H32N2O6. The summed E-state index contributed by atoms with van der Waals surface area (Å²) >= 11 is 0. The zero-order valence-corrected chi connectivity index (χ0v) is 20.3. The van der Waals surface area contributed by atoms with Crippen molar-refractivity contribution >= 4 is 16.9 Å². The summed E-state index contributed by atoms with van der Waals surface area (Å²) in [5, 5.41) is 3.38. The molecule has 8 nitrogen and oxygen atoms in total. The lowest BCUT2D eigenvalue weighted by molar-refractivity contribution is 0.0248. The van der Waals surface area contributed by atoms with Crippen LogP contribution in [-0.2, 0) is 4.74 Å². The van der Waals surface area contributed by atoms with Crippen molar-refractivity contribution in [3.63, 3.8) is 0 Å². The van der Waals surface area contributed by atoms with Gasteiger partial charge in [0.05, 0.1) is 37.9 Å². The van der Waals surface area contributed by atoms with Crippen molar-refractivity contribution in [3.8, 4) is 22.8 Å². The van der Waals surface area contributed by atoms with E-state index in [2.05, 4.69) is 5.32 Å². The molecule has 3 rings (SSSR count). The molecule has 0 radical (unpaired) electrons. The van der Waals surface area contributed by atoms with Gasteiger partial charge in [0.2, 0.25) is 5.75 Å². The smallest absolute Gasteiger partial charge is 0.251 e. The summed E-state index contributed by atoms with van der Waals surface area (Å²) in [6, 6.07) is 11.6. The van der Waals surface area contributed by atoms with Gasteiger partial charge in [0.15, 0.2) is 16.8 Å². The molecule has 0 aliphatic carbocycles. The Kier molecular flexibility index (Phi) is 7.96. The van der Waals surface area contributed by atoms with Crippen LogP contribution in [0, 0.1) is 0 Å². The van der Waals surface area contributed by atoms with E-state index in [4.69, 9.17) is 24.4 Å². The van der Waals surface area contributed by atoms with E-state index in [0.717, 1.165) is 6.42 Å². The van der Waals surface area contributed by atoms with Gasteiger partial charge < -0.3 is 29.7 Å². The third-order valence-corrected chi connectivity index (χ3v) is 5.43. The second-order valence-electron chi connectivity index (χ2n) is 8.77. The fourth-order valence-corrected chi connectivity index (χ4v) is 3.54. The Morgan fingerprint density at radius 2 is 1.82 bits per heavy atom. The molecule has 182 valence electrons. The van der Waals surface area contributed by atoms with Crippen molar-refractivity contribution in [1.82, 2.24) is 5.32 Å². The van der Waals surface area contributed by atoms with E-state index < -0.39 is 5.54 Å².